The van der Waals surface area contributed by atoms with Crippen molar-refractivity contribution in [2.24, 2.45) is 0 Å². The van der Waals surface area contributed by atoms with Crippen LogP contribution in [0, 0.1) is 24.6 Å². The molecular formula is C30H28FN5O3S2. The number of hydrogen-bond acceptors (Lipinski definition) is 7. The lowest BCUT2D eigenvalue weighted by atomic mass is 10.1. The van der Waals surface area contributed by atoms with Gasteiger partial charge in [0.2, 0.25) is 10.0 Å². The number of aryl methyl sites for hydroxylation is 1. The zero-order chi connectivity index (χ0) is 28.7. The van der Waals surface area contributed by atoms with E-state index in [1.807, 2.05) is 41.8 Å². The van der Waals surface area contributed by atoms with E-state index in [9.17, 15) is 12.8 Å². The second-order valence-corrected chi connectivity index (χ2v) is 12.3. The molecule has 0 saturated carbocycles. The first-order valence-electron chi connectivity index (χ1n) is 13.0. The average Bonchev–Trinajstić information content (AvgIpc) is 3.38. The van der Waals surface area contributed by atoms with Crippen LogP contribution < -0.4 is 9.46 Å². The lowest BCUT2D eigenvalue weighted by Crippen LogP contribution is -2.24. The highest BCUT2D eigenvalue weighted by Gasteiger charge is 2.19. The molecule has 11 heteroatoms. The van der Waals surface area contributed by atoms with Gasteiger partial charge in [0.1, 0.15) is 18.2 Å². The summed E-state index contributed by atoms with van der Waals surface area (Å²) in [6.45, 7) is 2.03. The van der Waals surface area contributed by atoms with E-state index < -0.39 is 15.8 Å². The fraction of sp³-hybridized carbons (Fsp3) is 0.233. The Kier molecular flexibility index (Phi) is 9.14. The first-order chi connectivity index (χ1) is 19.9. The molecule has 8 nitrogen and oxygen atoms in total. The Bertz CT molecular complexity index is 1700. The molecule has 0 spiro atoms. The Morgan fingerprint density at radius 2 is 2.02 bits per heavy atom. The monoisotopic (exact) mass is 589 g/mol. The topological polar surface area (TPSA) is 99.0 Å². The first kappa shape index (κ1) is 28.5. The van der Waals surface area contributed by atoms with Crippen LogP contribution in [0.3, 0.4) is 0 Å². The second kappa shape index (κ2) is 13.1. The number of thioether (sulfide) groups is 1. The summed E-state index contributed by atoms with van der Waals surface area (Å²) in [5.74, 6) is 6.62. The van der Waals surface area contributed by atoms with E-state index in [2.05, 4.69) is 43.9 Å². The van der Waals surface area contributed by atoms with E-state index in [0.29, 0.717) is 16.8 Å². The standard InChI is InChI=1S/C30H28FN5O3S2/c1-22-19-26(14-11-23(22)7-5-18-33-41(37,38)28-15-12-24(31)13-16-28)39-21-29-34-35-30(40-27-9-3-2-4-10-27)36(29)25-8-6-17-32-20-25/h3,6,8-9,11-17,19-20,27,33H,2,4,10,18,21H2,1H3. The van der Waals surface area contributed by atoms with Crippen LogP contribution in [-0.4, -0.2) is 40.0 Å². The van der Waals surface area contributed by atoms with Gasteiger partial charge in [0, 0.05) is 17.0 Å². The molecule has 2 heterocycles. The molecule has 1 N–H and O–H groups in total. The van der Waals surface area contributed by atoms with Gasteiger partial charge in [0.25, 0.3) is 0 Å². The molecule has 0 aliphatic heterocycles. The van der Waals surface area contributed by atoms with Gasteiger partial charge in [-0.25, -0.2) is 12.8 Å². The molecular weight excluding hydrogens is 561 g/mol. The predicted octanol–water partition coefficient (Wildman–Crippen LogP) is 5.22. The molecule has 0 radical (unpaired) electrons. The molecule has 1 aliphatic carbocycles. The molecule has 1 unspecified atom stereocenters. The molecule has 5 rings (SSSR count). The van der Waals surface area contributed by atoms with Gasteiger partial charge in [-0.05, 0) is 86.3 Å². The summed E-state index contributed by atoms with van der Waals surface area (Å²) >= 11 is 1.69. The minimum absolute atomic E-state index is 0.0192. The number of rotatable bonds is 9. The van der Waals surface area contributed by atoms with Crippen molar-refractivity contribution >= 4 is 21.8 Å². The lowest BCUT2D eigenvalue weighted by molar-refractivity contribution is 0.292. The van der Waals surface area contributed by atoms with Gasteiger partial charge in [-0.15, -0.1) is 10.2 Å². The average molecular weight is 590 g/mol. The summed E-state index contributed by atoms with van der Waals surface area (Å²) in [4.78, 5) is 4.25. The molecule has 0 amide bonds. The number of sulfonamides is 1. The van der Waals surface area contributed by atoms with E-state index in [1.54, 1.807) is 24.2 Å². The number of pyridine rings is 1. The summed E-state index contributed by atoms with van der Waals surface area (Å²) in [5.41, 5.74) is 2.50. The van der Waals surface area contributed by atoms with Crippen LogP contribution in [0.5, 0.6) is 5.75 Å². The Hall–Kier alpha value is -3.98. The number of hydrogen-bond donors (Lipinski definition) is 1. The van der Waals surface area contributed by atoms with Gasteiger partial charge in [-0.3, -0.25) is 9.55 Å². The smallest absolute Gasteiger partial charge is 0.241 e. The van der Waals surface area contributed by atoms with Crippen molar-refractivity contribution in [2.45, 2.75) is 48.1 Å². The maximum atomic E-state index is 13.1. The Morgan fingerprint density at radius 3 is 2.76 bits per heavy atom. The molecule has 4 aromatic rings. The maximum absolute atomic E-state index is 13.1. The highest BCUT2D eigenvalue weighted by Crippen LogP contribution is 2.31. The van der Waals surface area contributed by atoms with Crippen LogP contribution in [0.2, 0.25) is 0 Å². The number of nitrogens with zero attached hydrogens (tertiary/aromatic N) is 4. The van der Waals surface area contributed by atoms with E-state index >= 15 is 0 Å². The molecule has 1 atom stereocenters. The van der Waals surface area contributed by atoms with Gasteiger partial charge in [-0.1, -0.05) is 35.8 Å². The van der Waals surface area contributed by atoms with Gasteiger partial charge in [-0.2, -0.15) is 4.72 Å². The first-order valence-corrected chi connectivity index (χ1v) is 15.4. The largest absolute Gasteiger partial charge is 0.486 e. The lowest BCUT2D eigenvalue weighted by Gasteiger charge is -2.16. The van der Waals surface area contributed by atoms with Crippen molar-refractivity contribution in [1.82, 2.24) is 24.5 Å². The van der Waals surface area contributed by atoms with Crippen LogP contribution in [-0.2, 0) is 16.6 Å². The number of ether oxygens (including phenoxy) is 1. The third kappa shape index (κ3) is 7.41. The molecule has 2 aromatic heterocycles. The zero-order valence-corrected chi connectivity index (χ0v) is 24.0. The minimum Gasteiger partial charge on any atom is -0.486 e. The number of halogens is 1. The molecule has 2 aromatic carbocycles. The summed E-state index contributed by atoms with van der Waals surface area (Å²) < 4.78 is 48.2. The normalized spacial score (nSPS) is 14.8. The number of aromatic nitrogens is 4. The molecule has 41 heavy (non-hydrogen) atoms. The van der Waals surface area contributed by atoms with E-state index in [-0.39, 0.29) is 18.0 Å². The fourth-order valence-corrected chi connectivity index (χ4v) is 6.28. The number of allylic oxidation sites excluding steroid dienone is 1. The number of nitrogens with one attached hydrogen (secondary N) is 1. The Labute approximate surface area is 243 Å². The van der Waals surface area contributed by atoms with Crippen molar-refractivity contribution in [3.05, 3.63) is 102 Å². The zero-order valence-electron chi connectivity index (χ0n) is 22.3. The molecule has 210 valence electrons. The Balaban J connectivity index is 1.24. The second-order valence-electron chi connectivity index (χ2n) is 9.31. The van der Waals surface area contributed by atoms with Crippen LogP contribution in [0.4, 0.5) is 4.39 Å². The van der Waals surface area contributed by atoms with Gasteiger partial charge in [0.15, 0.2) is 11.0 Å². The molecule has 0 bridgehead atoms. The number of benzene rings is 2. The van der Waals surface area contributed by atoms with Crippen LogP contribution in [0.25, 0.3) is 5.69 Å². The van der Waals surface area contributed by atoms with Gasteiger partial charge in [0.05, 0.1) is 23.3 Å². The summed E-state index contributed by atoms with van der Waals surface area (Å²) in [6, 6.07) is 14.0. The summed E-state index contributed by atoms with van der Waals surface area (Å²) in [5, 5.41) is 10.0. The third-order valence-electron chi connectivity index (χ3n) is 6.33. The van der Waals surface area contributed by atoms with Gasteiger partial charge < -0.3 is 4.74 Å². The van der Waals surface area contributed by atoms with E-state index in [0.717, 1.165) is 53.4 Å². The van der Waals surface area contributed by atoms with E-state index in [1.165, 1.54) is 12.1 Å². The highest BCUT2D eigenvalue weighted by atomic mass is 32.2. The van der Waals surface area contributed by atoms with Crippen molar-refractivity contribution < 1.29 is 17.5 Å². The van der Waals surface area contributed by atoms with Crippen molar-refractivity contribution in [2.75, 3.05) is 6.54 Å². The van der Waals surface area contributed by atoms with Crippen molar-refractivity contribution in [3.8, 4) is 23.3 Å². The van der Waals surface area contributed by atoms with E-state index in [4.69, 9.17) is 4.74 Å². The summed E-state index contributed by atoms with van der Waals surface area (Å²) in [7, 11) is -3.77. The SMILES string of the molecule is Cc1cc(OCc2nnc(SC3C=CCCC3)n2-c2cccnc2)ccc1C#CCNS(=O)(=O)c1ccc(F)cc1. The maximum Gasteiger partial charge on any atom is 0.241 e. The van der Waals surface area contributed by atoms with Crippen LogP contribution in [0.15, 0.2) is 89.2 Å². The molecule has 0 saturated heterocycles. The highest BCUT2D eigenvalue weighted by molar-refractivity contribution is 7.99. The third-order valence-corrected chi connectivity index (χ3v) is 8.92. The van der Waals surface area contributed by atoms with Crippen LogP contribution in [0.1, 0.15) is 36.2 Å². The van der Waals surface area contributed by atoms with Crippen LogP contribution >= 0.6 is 11.8 Å². The molecule has 1 aliphatic rings. The Morgan fingerprint density at radius 1 is 1.17 bits per heavy atom. The minimum atomic E-state index is -3.77. The fourth-order valence-electron chi connectivity index (χ4n) is 4.21. The predicted molar refractivity (Wildman–Crippen MR) is 156 cm³/mol. The van der Waals surface area contributed by atoms with Gasteiger partial charge >= 0.3 is 0 Å². The van der Waals surface area contributed by atoms with Crippen molar-refractivity contribution in [3.63, 3.8) is 0 Å². The van der Waals surface area contributed by atoms with Crippen molar-refractivity contribution in [1.29, 1.82) is 0 Å². The quantitative estimate of drug-likeness (QED) is 0.211. The molecule has 0 fully saturated rings. The summed E-state index contributed by atoms with van der Waals surface area (Å²) in [6.07, 6.45) is 11.3.